The lowest BCUT2D eigenvalue weighted by molar-refractivity contribution is -0.120. The smallest absolute Gasteiger partial charge is 0.283 e. The van der Waals surface area contributed by atoms with Crippen molar-refractivity contribution in [3.05, 3.63) is 69.3 Å². The van der Waals surface area contributed by atoms with Crippen LogP contribution < -0.4 is 10.2 Å². The molecule has 1 aliphatic rings. The molecule has 0 saturated heterocycles. The lowest BCUT2D eigenvalue weighted by Crippen LogP contribution is -2.32. The number of anilines is 2. The molecule has 6 heteroatoms. The number of halogens is 2. The maximum Gasteiger partial charge on any atom is 0.283 e. The predicted octanol–water partition coefficient (Wildman–Crippen LogP) is 4.39. The molecule has 0 bridgehead atoms. The van der Waals surface area contributed by atoms with E-state index in [0.29, 0.717) is 16.4 Å². The largest absolute Gasteiger partial charge is 0.350 e. The van der Waals surface area contributed by atoms with E-state index in [1.807, 2.05) is 19.9 Å². The van der Waals surface area contributed by atoms with Crippen molar-refractivity contribution in [1.82, 2.24) is 0 Å². The van der Waals surface area contributed by atoms with Gasteiger partial charge in [0.05, 0.1) is 5.69 Å². The Kier molecular flexibility index (Phi) is 4.35. The Balaban J connectivity index is 1.94. The second-order valence-corrected chi connectivity index (χ2v) is 6.35. The van der Waals surface area contributed by atoms with E-state index in [-0.39, 0.29) is 10.7 Å². The summed E-state index contributed by atoms with van der Waals surface area (Å²) < 4.78 is 0. The van der Waals surface area contributed by atoms with Crippen molar-refractivity contribution in [2.24, 2.45) is 0 Å². The molecule has 2 aromatic carbocycles. The Labute approximate surface area is 149 Å². The zero-order valence-electron chi connectivity index (χ0n) is 13.1. The number of rotatable bonds is 3. The Bertz CT molecular complexity index is 890. The molecular formula is C18H14Cl2N2O2. The highest BCUT2D eigenvalue weighted by Crippen LogP contribution is 2.31. The van der Waals surface area contributed by atoms with E-state index in [1.54, 1.807) is 36.4 Å². The van der Waals surface area contributed by atoms with Crippen LogP contribution >= 0.6 is 23.2 Å². The second kappa shape index (κ2) is 6.30. The molecule has 122 valence electrons. The van der Waals surface area contributed by atoms with Crippen molar-refractivity contribution in [3.63, 3.8) is 0 Å². The number of carbonyl (C=O) groups is 2. The molecule has 0 radical (unpaired) electrons. The van der Waals surface area contributed by atoms with Gasteiger partial charge in [-0.1, -0.05) is 35.3 Å². The number of amides is 2. The molecule has 0 fully saturated rings. The minimum Gasteiger partial charge on any atom is -0.350 e. The number of aryl methyl sites for hydroxylation is 2. The highest BCUT2D eigenvalue weighted by atomic mass is 35.5. The van der Waals surface area contributed by atoms with Crippen LogP contribution in [0.5, 0.6) is 0 Å². The van der Waals surface area contributed by atoms with Crippen molar-refractivity contribution in [2.45, 2.75) is 13.8 Å². The Morgan fingerprint density at radius 1 is 0.917 bits per heavy atom. The Morgan fingerprint density at radius 2 is 1.67 bits per heavy atom. The maximum absolute atomic E-state index is 12.7. The normalized spacial score (nSPS) is 14.6. The fourth-order valence-corrected chi connectivity index (χ4v) is 2.82. The van der Waals surface area contributed by atoms with Gasteiger partial charge in [-0.25, -0.2) is 4.90 Å². The Morgan fingerprint density at radius 3 is 2.33 bits per heavy atom. The van der Waals surface area contributed by atoms with Gasteiger partial charge in [0.1, 0.15) is 10.7 Å². The van der Waals surface area contributed by atoms with Gasteiger partial charge in [0.15, 0.2) is 0 Å². The third-order valence-electron chi connectivity index (χ3n) is 3.87. The van der Waals surface area contributed by atoms with Gasteiger partial charge >= 0.3 is 0 Å². The highest BCUT2D eigenvalue weighted by Gasteiger charge is 2.39. The van der Waals surface area contributed by atoms with E-state index in [1.165, 1.54) is 0 Å². The van der Waals surface area contributed by atoms with E-state index < -0.39 is 11.8 Å². The van der Waals surface area contributed by atoms with Gasteiger partial charge < -0.3 is 5.32 Å². The molecule has 1 aliphatic heterocycles. The molecule has 0 aliphatic carbocycles. The van der Waals surface area contributed by atoms with Crippen LogP contribution in [0.25, 0.3) is 0 Å². The second-order valence-electron chi connectivity index (χ2n) is 5.54. The van der Waals surface area contributed by atoms with Crippen molar-refractivity contribution < 1.29 is 9.59 Å². The summed E-state index contributed by atoms with van der Waals surface area (Å²) in [4.78, 5) is 26.2. The van der Waals surface area contributed by atoms with Gasteiger partial charge in [0.2, 0.25) is 0 Å². The number of benzene rings is 2. The van der Waals surface area contributed by atoms with E-state index in [0.717, 1.165) is 16.0 Å². The average Bonchev–Trinajstić information content (AvgIpc) is 2.74. The zero-order chi connectivity index (χ0) is 17.4. The standard InChI is InChI=1S/C18H14Cl2N2O2/c1-10-6-7-14(8-11(10)2)22-17(23)15(20)16(18(22)24)21-13-5-3-4-12(19)9-13/h3-9,21H,1-2H3. The summed E-state index contributed by atoms with van der Waals surface area (Å²) in [6.07, 6.45) is 0. The number of carbonyl (C=O) groups excluding carboxylic acids is 2. The number of hydrogen-bond donors (Lipinski definition) is 1. The van der Waals surface area contributed by atoms with Crippen LogP contribution in [0.4, 0.5) is 11.4 Å². The molecule has 3 rings (SSSR count). The van der Waals surface area contributed by atoms with Crippen molar-refractivity contribution in [1.29, 1.82) is 0 Å². The number of nitrogens with zero attached hydrogens (tertiary/aromatic N) is 1. The monoisotopic (exact) mass is 360 g/mol. The fourth-order valence-electron chi connectivity index (χ4n) is 2.42. The van der Waals surface area contributed by atoms with Crippen molar-refractivity contribution in [2.75, 3.05) is 10.2 Å². The van der Waals surface area contributed by atoms with Gasteiger partial charge in [0, 0.05) is 10.7 Å². The Hall–Kier alpha value is -2.30. The SMILES string of the molecule is Cc1ccc(N2C(=O)C(Cl)=C(Nc3cccc(Cl)c3)C2=O)cc1C. The van der Waals surface area contributed by atoms with Crippen LogP contribution in [0, 0.1) is 13.8 Å². The van der Waals surface area contributed by atoms with Gasteiger partial charge in [-0.3, -0.25) is 9.59 Å². The summed E-state index contributed by atoms with van der Waals surface area (Å²) in [5.74, 6) is -1.04. The molecule has 1 N–H and O–H groups in total. The first-order valence-electron chi connectivity index (χ1n) is 7.27. The van der Waals surface area contributed by atoms with Crippen LogP contribution in [0.15, 0.2) is 53.2 Å². The average molecular weight is 361 g/mol. The molecule has 24 heavy (non-hydrogen) atoms. The summed E-state index contributed by atoms with van der Waals surface area (Å²) >= 11 is 12.0. The number of nitrogens with one attached hydrogen (secondary N) is 1. The summed E-state index contributed by atoms with van der Waals surface area (Å²) in [5, 5.41) is 3.26. The fraction of sp³-hybridized carbons (Fsp3) is 0.111. The highest BCUT2D eigenvalue weighted by molar-refractivity contribution is 6.53. The van der Waals surface area contributed by atoms with E-state index in [9.17, 15) is 9.59 Å². The number of hydrogen-bond acceptors (Lipinski definition) is 3. The molecule has 4 nitrogen and oxygen atoms in total. The van der Waals surface area contributed by atoms with Crippen LogP contribution in [-0.2, 0) is 9.59 Å². The van der Waals surface area contributed by atoms with Crippen LogP contribution in [0.3, 0.4) is 0 Å². The molecular weight excluding hydrogens is 347 g/mol. The molecule has 0 spiro atoms. The van der Waals surface area contributed by atoms with Gasteiger partial charge in [0.25, 0.3) is 11.8 Å². The third kappa shape index (κ3) is 2.90. The topological polar surface area (TPSA) is 49.4 Å². The molecule has 1 heterocycles. The molecule has 0 unspecified atom stereocenters. The summed E-state index contributed by atoms with van der Waals surface area (Å²) in [7, 11) is 0. The van der Waals surface area contributed by atoms with Crippen LogP contribution in [0.1, 0.15) is 11.1 Å². The number of imide groups is 1. The van der Waals surface area contributed by atoms with Gasteiger partial charge in [-0.05, 0) is 55.3 Å². The molecule has 2 amide bonds. The van der Waals surface area contributed by atoms with Crippen molar-refractivity contribution in [3.8, 4) is 0 Å². The first-order valence-corrected chi connectivity index (χ1v) is 8.02. The zero-order valence-corrected chi connectivity index (χ0v) is 14.6. The first kappa shape index (κ1) is 16.6. The maximum atomic E-state index is 12.7. The summed E-state index contributed by atoms with van der Waals surface area (Å²) in [5.41, 5.74) is 3.18. The molecule has 2 aromatic rings. The lowest BCUT2D eigenvalue weighted by atomic mass is 10.1. The van der Waals surface area contributed by atoms with Gasteiger partial charge in [-0.15, -0.1) is 0 Å². The van der Waals surface area contributed by atoms with Crippen LogP contribution in [0.2, 0.25) is 5.02 Å². The predicted molar refractivity (Wildman–Crippen MR) is 96.4 cm³/mol. The molecule has 0 saturated carbocycles. The first-order chi connectivity index (χ1) is 11.4. The summed E-state index contributed by atoms with van der Waals surface area (Å²) in [6.45, 7) is 3.88. The minimum atomic E-state index is -0.547. The quantitative estimate of drug-likeness (QED) is 0.825. The van der Waals surface area contributed by atoms with Crippen molar-refractivity contribution >= 4 is 46.4 Å². The third-order valence-corrected chi connectivity index (χ3v) is 4.46. The summed E-state index contributed by atoms with van der Waals surface area (Å²) in [6, 6.07) is 12.2. The molecule has 0 aromatic heterocycles. The minimum absolute atomic E-state index is 0.0437. The molecule has 0 atom stereocenters. The van der Waals surface area contributed by atoms with Gasteiger partial charge in [-0.2, -0.15) is 0 Å². The van der Waals surface area contributed by atoms with E-state index in [2.05, 4.69) is 5.32 Å². The van der Waals surface area contributed by atoms with Crippen LogP contribution in [-0.4, -0.2) is 11.8 Å². The van der Waals surface area contributed by atoms with E-state index >= 15 is 0 Å². The lowest BCUT2D eigenvalue weighted by Gasteiger charge is -2.16. The van der Waals surface area contributed by atoms with E-state index in [4.69, 9.17) is 23.2 Å².